The molecule has 0 aromatic heterocycles. The maximum atomic E-state index is 13.0. The fourth-order valence-corrected chi connectivity index (χ4v) is 11.8. The number of aliphatic carboxylic acids is 3. The standard InChI is InChI=1S/C17H36N3O2.C13H16NO3.C11H22N2O3.C10H20N2O2.C8H15NO4.C7H11NO3/c1-14(2)19(7,15(3)4)13-12-18(5,6)17(22)20(8)11-9-10-16(20)21;1-14(9-3-4-12(14)15)13(16)10-5-7-11(17-2)8-6-10;1-11(16)6-9(14)13(5,8-11)7-10(15)12(2,3)4;1-11(2,3)10(14)8-12(4)7-5-6-9(12)13;1-9(2,3)6(8(12)13)4-5-7(10)11;1-8(2)5(7(10)11)3-4-6(8)9/h14-15H,9-13H2,1-8H3;5-8H,3-4,9H2,1-2H3;16H,6-8H2,1-5H3;5-8H2,1-4H3;6H,4-5H2,1-3H3,(H-,10,11,12,13);5H,3-4H2,1-2H3/q+3;+1;2*+2;;/p+2. The van der Waals surface area contributed by atoms with Crippen LogP contribution in [-0.2, 0) is 47.9 Å². The number of aliphatic hydroxyl groups is 1. The van der Waals surface area contributed by atoms with Crippen molar-refractivity contribution in [3.63, 3.8) is 0 Å². The van der Waals surface area contributed by atoms with E-state index >= 15 is 0 Å². The van der Waals surface area contributed by atoms with Gasteiger partial charge in [-0.05, 0) is 58.9 Å². The molecule has 7 unspecified atom stereocenters. The van der Waals surface area contributed by atoms with E-state index in [1.54, 1.807) is 116 Å². The number of carbonyl (C=O) groups is 12. The number of ether oxygens (including phenoxy) is 1. The molecule has 0 radical (unpaired) electrons. The average Bonchev–Trinajstić information content (AvgIpc) is 1.76. The molecule has 4 N–H and O–H groups in total. The zero-order chi connectivity index (χ0) is 72.9. The van der Waals surface area contributed by atoms with Gasteiger partial charge in [0.2, 0.25) is 13.1 Å². The minimum absolute atomic E-state index is 0.00463. The van der Waals surface area contributed by atoms with Crippen LogP contribution < -0.4 is 4.74 Å². The van der Waals surface area contributed by atoms with Crippen molar-refractivity contribution in [3.8, 4) is 5.75 Å². The van der Waals surface area contributed by atoms with Gasteiger partial charge in [0.15, 0.2) is 12.1 Å². The Morgan fingerprint density at radius 1 is 0.591 bits per heavy atom. The van der Waals surface area contributed by atoms with E-state index < -0.39 is 35.6 Å². The first-order valence-electron chi connectivity index (χ1n) is 32.1. The summed E-state index contributed by atoms with van der Waals surface area (Å²) < 4.78 is 7.15. The zero-order valence-corrected chi connectivity index (χ0v) is 61.1. The molecule has 5 saturated heterocycles. The van der Waals surface area contributed by atoms with Crippen molar-refractivity contribution >= 4 is 71.2 Å². The molecule has 5 aliphatic rings. The van der Waals surface area contributed by atoms with Crippen molar-refractivity contribution in [1.29, 1.82) is 0 Å². The Kier molecular flexibility index (Phi) is 29.8. The number of methoxy groups -OCH3 is 1. The highest BCUT2D eigenvalue weighted by Crippen LogP contribution is 2.29. The third-order valence-electron chi connectivity index (χ3n) is 19.4. The van der Waals surface area contributed by atoms with E-state index in [-0.39, 0.29) is 110 Å². The van der Waals surface area contributed by atoms with Gasteiger partial charge in [0, 0.05) is 32.1 Å². The van der Waals surface area contributed by atoms with Gasteiger partial charge in [-0.1, -0.05) is 0 Å². The van der Waals surface area contributed by atoms with Crippen LogP contribution in [0.4, 0.5) is 4.79 Å². The lowest BCUT2D eigenvalue weighted by atomic mass is 10.1. The van der Waals surface area contributed by atoms with E-state index in [2.05, 4.69) is 34.7 Å². The van der Waals surface area contributed by atoms with E-state index in [4.69, 9.17) is 20.1 Å². The van der Waals surface area contributed by atoms with E-state index in [0.29, 0.717) is 90.6 Å². The number of imide groups is 2. The van der Waals surface area contributed by atoms with Crippen LogP contribution in [0, 0.1) is 0 Å². The highest BCUT2D eigenvalue weighted by Gasteiger charge is 2.55. The second-order valence-electron chi connectivity index (χ2n) is 31.4. The molecule has 5 heterocycles. The predicted octanol–water partition coefficient (Wildman–Crippen LogP) is 3.00. The minimum atomic E-state index is -0.975. The molecule has 10 amide bonds. The van der Waals surface area contributed by atoms with E-state index in [1.165, 1.54) is 0 Å². The molecular weight excluding hydrogens is 1200 g/mol. The predicted molar refractivity (Wildman–Crippen MR) is 348 cm³/mol. The van der Waals surface area contributed by atoms with E-state index in [0.717, 1.165) is 43.4 Å². The number of carboxylic acids is 3. The second kappa shape index (κ2) is 32.6. The van der Waals surface area contributed by atoms with Crippen LogP contribution in [0.3, 0.4) is 0 Å². The summed E-state index contributed by atoms with van der Waals surface area (Å²) in [5, 5.41) is 35.8. The molecule has 6 rings (SSSR count). The first-order chi connectivity index (χ1) is 41.9. The molecule has 1 aromatic carbocycles. The normalized spacial score (nSPS) is 25.6. The van der Waals surface area contributed by atoms with Crippen LogP contribution in [0.2, 0.25) is 0 Å². The zero-order valence-electron chi connectivity index (χ0n) is 61.1. The number of benzene rings is 1. The number of quaternary nitrogens is 10. The first kappa shape index (κ1) is 85.0. The number of carbonyl (C=O) groups excluding carboxylic acids is 9. The molecule has 5 aliphatic heterocycles. The highest BCUT2D eigenvalue weighted by molar-refractivity contribution is 5.96. The van der Waals surface area contributed by atoms with Crippen molar-refractivity contribution in [3.05, 3.63) is 29.8 Å². The lowest BCUT2D eigenvalue weighted by molar-refractivity contribution is -0.977. The maximum absolute atomic E-state index is 13.0. The Hall–Kier alpha value is -5.98. The van der Waals surface area contributed by atoms with Crippen molar-refractivity contribution < 1.29 is 128 Å². The van der Waals surface area contributed by atoms with Crippen LogP contribution in [0.15, 0.2) is 24.3 Å². The minimum Gasteiger partial charge on any atom is -0.497 e. The van der Waals surface area contributed by atoms with Crippen LogP contribution >= 0.6 is 0 Å². The number of rotatable bonds is 17. The Labute approximate surface area is 553 Å². The smallest absolute Gasteiger partial charge is 0.497 e. The summed E-state index contributed by atoms with van der Waals surface area (Å²) in [6, 6.07) is 6.73. The SMILES string of the molecule is CC(C)[N+](C)(CC[N+](C)(C)C(=O)[N+]1(C)CCCC1=O)C(C)C.CC1(O)CC(=O)[N+](C)(CC(=O)[N+](C)(C)C)C1.COc1ccc(C(=O)[N+]2(C)CCCC2=O)cc1.C[N+](C)(C)C(=O)C[N+]1(C)CCCC1=O.C[N+](C)(C)C(CCC(=O)O)C(=O)O.C[N+]1(C)C(=O)CCC1C(=O)O. The van der Waals surface area contributed by atoms with Gasteiger partial charge in [-0.3, -0.25) is 22.7 Å². The van der Waals surface area contributed by atoms with Crippen LogP contribution in [0.25, 0.3) is 0 Å². The number of hydrogen-bond acceptors (Lipinski definition) is 14. The molecule has 27 heteroatoms. The molecule has 0 spiro atoms. The van der Waals surface area contributed by atoms with Crippen LogP contribution in [0.1, 0.15) is 116 Å². The maximum Gasteiger partial charge on any atom is 0.521 e. The Bertz CT molecular complexity index is 2880. The Morgan fingerprint density at radius 2 is 1.03 bits per heavy atom. The monoisotopic (exact) mass is 1330 g/mol. The molecule has 528 valence electrons. The van der Waals surface area contributed by atoms with Crippen molar-refractivity contribution in [2.75, 3.05) is 186 Å². The summed E-state index contributed by atoms with van der Waals surface area (Å²) in [7, 11) is 34.2. The summed E-state index contributed by atoms with van der Waals surface area (Å²) in [6.45, 7) is 15.1. The molecule has 5 fully saturated rings. The van der Waals surface area contributed by atoms with Gasteiger partial charge in [0.05, 0.1) is 210 Å². The third kappa shape index (κ3) is 23.4. The van der Waals surface area contributed by atoms with Gasteiger partial charge in [-0.25, -0.2) is 56.9 Å². The number of nitrogens with zero attached hydrogens (tertiary/aromatic N) is 10. The molecule has 93 heavy (non-hydrogen) atoms. The quantitative estimate of drug-likeness (QED) is 0.129. The first-order valence-corrected chi connectivity index (χ1v) is 32.1. The molecule has 1 aromatic rings. The molecule has 27 nitrogen and oxygen atoms in total. The fourth-order valence-electron chi connectivity index (χ4n) is 11.8. The van der Waals surface area contributed by atoms with E-state index in [9.17, 15) is 62.6 Å². The number of likely N-dealkylation sites (N-methyl/N-ethyl adjacent to an activating group) is 8. The topological polar surface area (TPSA) is 295 Å². The molecule has 0 aliphatic carbocycles. The lowest BCUT2D eigenvalue weighted by Gasteiger charge is -2.43. The molecule has 0 saturated carbocycles. The van der Waals surface area contributed by atoms with Crippen molar-refractivity contribution in [2.45, 2.75) is 135 Å². The number of amides is 10. The summed E-state index contributed by atoms with van der Waals surface area (Å²) in [6.07, 6.45) is 5.25. The van der Waals surface area contributed by atoms with Gasteiger partial charge in [-0.15, -0.1) is 4.48 Å². The Morgan fingerprint density at radius 3 is 1.34 bits per heavy atom. The summed E-state index contributed by atoms with van der Waals surface area (Å²) in [5.41, 5.74) is -0.416. The van der Waals surface area contributed by atoms with Gasteiger partial charge in [0.25, 0.3) is 0 Å². The molecule has 0 bridgehead atoms. The van der Waals surface area contributed by atoms with Gasteiger partial charge < -0.3 is 34.1 Å². The summed E-state index contributed by atoms with van der Waals surface area (Å²) in [4.78, 5) is 139. The summed E-state index contributed by atoms with van der Waals surface area (Å²) in [5.74, 6) is -1.87. The lowest BCUT2D eigenvalue weighted by Crippen LogP contribution is -2.66. The number of likely N-dealkylation sites (tertiary alicyclic amines) is 5. The van der Waals surface area contributed by atoms with Crippen LogP contribution in [0.5, 0.6) is 5.75 Å². The highest BCUT2D eigenvalue weighted by atomic mass is 16.5. The third-order valence-corrected chi connectivity index (χ3v) is 19.4. The average molecular weight is 1330 g/mol. The Balaban J connectivity index is 0.000000565. The number of hydrogen-bond donors (Lipinski definition) is 4. The van der Waals surface area contributed by atoms with Crippen LogP contribution in [-0.4, -0.2) is 353 Å². The number of urea groups is 1. The molecule has 7 atom stereocenters. The van der Waals surface area contributed by atoms with Crippen molar-refractivity contribution in [1.82, 2.24) is 0 Å². The fraction of sp³-hybridized carbons (Fsp3) is 0.727. The van der Waals surface area contributed by atoms with Gasteiger partial charge >= 0.3 is 71.2 Å². The summed E-state index contributed by atoms with van der Waals surface area (Å²) >= 11 is 0. The van der Waals surface area contributed by atoms with Gasteiger partial charge in [-0.2, -0.15) is 9.28 Å². The number of carboxylic acid groups (broad SMARTS) is 3. The second-order valence-corrected chi connectivity index (χ2v) is 31.4. The molecular formula is C66H122N10O17+10. The van der Waals surface area contributed by atoms with E-state index in [1.807, 2.05) is 42.3 Å². The van der Waals surface area contributed by atoms with Crippen molar-refractivity contribution in [2.24, 2.45) is 0 Å². The largest absolute Gasteiger partial charge is 0.521 e. The van der Waals surface area contributed by atoms with Gasteiger partial charge in [0.1, 0.15) is 31.0 Å².